The lowest BCUT2D eigenvalue weighted by Gasteiger charge is -2.37. The van der Waals surface area contributed by atoms with E-state index in [0.717, 1.165) is 22.4 Å². The molecule has 3 aromatic rings. The molecule has 0 radical (unpaired) electrons. The smallest absolute Gasteiger partial charge is 0.316 e. The molecule has 1 saturated heterocycles. The molecule has 1 fully saturated rings. The van der Waals surface area contributed by atoms with Gasteiger partial charge in [0.05, 0.1) is 7.11 Å². The summed E-state index contributed by atoms with van der Waals surface area (Å²) in [5.41, 5.74) is 4.73. The van der Waals surface area contributed by atoms with E-state index in [1.807, 2.05) is 41.3 Å². The predicted molar refractivity (Wildman–Crippen MR) is 124 cm³/mol. The zero-order chi connectivity index (χ0) is 22.8. The number of fused-ring (bicyclic) bond motifs is 1. The van der Waals surface area contributed by atoms with Crippen molar-refractivity contribution in [2.24, 2.45) is 0 Å². The minimum absolute atomic E-state index is 0.00681. The fourth-order valence-electron chi connectivity index (χ4n) is 4.46. The normalized spacial score (nSPS) is 15.5. The minimum atomic E-state index is -0.0618. The van der Waals surface area contributed by atoms with Crippen LogP contribution in [-0.2, 0) is 11.3 Å². The van der Waals surface area contributed by atoms with Gasteiger partial charge in [0, 0.05) is 67.5 Å². The Morgan fingerprint density at radius 3 is 2.30 bits per heavy atom. The molecule has 0 unspecified atom stereocenters. The fraction of sp³-hybridized carbons (Fsp3) is 0.280. The summed E-state index contributed by atoms with van der Waals surface area (Å²) in [7, 11) is 1.54. The van der Waals surface area contributed by atoms with Crippen LogP contribution in [0.1, 0.15) is 15.9 Å². The lowest BCUT2D eigenvalue weighted by molar-refractivity contribution is -0.132. The Hall–Kier alpha value is -3.94. The summed E-state index contributed by atoms with van der Waals surface area (Å²) in [6, 6.07) is 16.0. The first-order valence-electron chi connectivity index (χ1n) is 11.0. The van der Waals surface area contributed by atoms with Gasteiger partial charge in [0.15, 0.2) is 0 Å². The molecule has 8 heteroatoms. The molecule has 0 bridgehead atoms. The first kappa shape index (κ1) is 20.9. The van der Waals surface area contributed by atoms with Crippen LogP contribution >= 0.6 is 0 Å². The summed E-state index contributed by atoms with van der Waals surface area (Å²) in [4.78, 5) is 39.7. The van der Waals surface area contributed by atoms with E-state index in [1.165, 1.54) is 0 Å². The number of rotatable bonds is 5. The Morgan fingerprint density at radius 1 is 0.939 bits per heavy atom. The summed E-state index contributed by atoms with van der Waals surface area (Å²) in [5, 5.41) is 0. The minimum Gasteiger partial charge on any atom is -0.467 e. The number of methoxy groups -OCH3 is 1. The molecule has 2 aliphatic heterocycles. The molecule has 3 heterocycles. The van der Waals surface area contributed by atoms with E-state index in [4.69, 9.17) is 4.74 Å². The number of ether oxygens (including phenoxy) is 1. The third-order valence-electron chi connectivity index (χ3n) is 6.22. The maximum absolute atomic E-state index is 12.9. The van der Waals surface area contributed by atoms with Crippen LogP contribution in [0.5, 0.6) is 6.01 Å². The largest absolute Gasteiger partial charge is 0.467 e. The van der Waals surface area contributed by atoms with Crippen LogP contribution in [0.3, 0.4) is 0 Å². The molecule has 2 amide bonds. The molecule has 33 heavy (non-hydrogen) atoms. The van der Waals surface area contributed by atoms with Gasteiger partial charge in [-0.1, -0.05) is 36.4 Å². The first-order chi connectivity index (χ1) is 16.1. The second-order valence-electron chi connectivity index (χ2n) is 8.16. The highest BCUT2D eigenvalue weighted by Crippen LogP contribution is 2.31. The number of para-hydroxylation sites is 1. The maximum atomic E-state index is 12.9. The molecule has 1 aromatic heterocycles. The monoisotopic (exact) mass is 443 g/mol. The van der Waals surface area contributed by atoms with Crippen molar-refractivity contribution >= 4 is 17.5 Å². The van der Waals surface area contributed by atoms with Crippen LogP contribution in [0.4, 0.5) is 5.69 Å². The summed E-state index contributed by atoms with van der Waals surface area (Å²) >= 11 is 0. The predicted octanol–water partition coefficient (Wildman–Crippen LogP) is 2.46. The highest BCUT2D eigenvalue weighted by atomic mass is 16.5. The van der Waals surface area contributed by atoms with E-state index in [2.05, 4.69) is 27.0 Å². The molecule has 0 aliphatic carbocycles. The second-order valence-corrected chi connectivity index (χ2v) is 8.16. The van der Waals surface area contributed by atoms with Gasteiger partial charge in [-0.2, -0.15) is 0 Å². The Labute approximate surface area is 192 Å². The number of benzene rings is 2. The van der Waals surface area contributed by atoms with Crippen molar-refractivity contribution in [2.75, 3.05) is 44.7 Å². The molecular weight excluding hydrogens is 418 g/mol. The van der Waals surface area contributed by atoms with Crippen LogP contribution in [0.15, 0.2) is 60.9 Å². The average Bonchev–Trinajstić information content (AvgIpc) is 3.19. The molecule has 0 saturated carbocycles. The van der Waals surface area contributed by atoms with Crippen molar-refractivity contribution in [2.45, 2.75) is 6.54 Å². The topological polar surface area (TPSA) is 78.9 Å². The van der Waals surface area contributed by atoms with Crippen LogP contribution in [0.25, 0.3) is 11.1 Å². The summed E-state index contributed by atoms with van der Waals surface area (Å²) in [6.07, 6.45) is 3.52. The first-order valence-corrected chi connectivity index (χ1v) is 11.0. The van der Waals surface area contributed by atoms with Crippen molar-refractivity contribution in [1.82, 2.24) is 19.8 Å². The standard InChI is InChI=1S/C25H25N5O3/c1-33-25-26-14-19(15-27-25)20-7-4-5-9-22(20)28-10-12-29(13-11-28)23(31)17-30-16-18-6-2-3-8-21(18)24(30)32/h2-9,14-15H,10-13,16-17H2,1H3. The number of hydrogen-bond donors (Lipinski definition) is 0. The molecule has 8 nitrogen and oxygen atoms in total. The maximum Gasteiger partial charge on any atom is 0.316 e. The van der Waals surface area contributed by atoms with Crippen molar-refractivity contribution in [1.29, 1.82) is 0 Å². The Kier molecular flexibility index (Phi) is 5.64. The molecular formula is C25H25N5O3. The van der Waals surface area contributed by atoms with Gasteiger partial charge >= 0.3 is 6.01 Å². The van der Waals surface area contributed by atoms with Gasteiger partial charge in [-0.15, -0.1) is 0 Å². The number of aromatic nitrogens is 2. The number of amides is 2. The van der Waals surface area contributed by atoms with E-state index in [9.17, 15) is 9.59 Å². The summed E-state index contributed by atoms with van der Waals surface area (Å²) in [5.74, 6) is -0.0686. The molecule has 0 N–H and O–H groups in total. The molecule has 2 aliphatic rings. The van der Waals surface area contributed by atoms with Crippen LogP contribution in [0.2, 0.25) is 0 Å². The van der Waals surface area contributed by atoms with Crippen LogP contribution in [-0.4, -0.2) is 71.4 Å². The third kappa shape index (κ3) is 4.11. The molecule has 5 rings (SSSR count). The Bertz CT molecular complexity index is 1170. The number of carbonyl (C=O) groups is 2. The van der Waals surface area contributed by atoms with Crippen molar-refractivity contribution in [3.05, 3.63) is 72.1 Å². The molecule has 168 valence electrons. The quantitative estimate of drug-likeness (QED) is 0.603. The molecule has 2 aromatic carbocycles. The Morgan fingerprint density at radius 2 is 1.61 bits per heavy atom. The highest BCUT2D eigenvalue weighted by Gasteiger charge is 2.30. The number of hydrogen-bond acceptors (Lipinski definition) is 6. The van der Waals surface area contributed by atoms with E-state index in [1.54, 1.807) is 24.4 Å². The van der Waals surface area contributed by atoms with Gasteiger partial charge in [0.1, 0.15) is 6.54 Å². The lowest BCUT2D eigenvalue weighted by Crippen LogP contribution is -2.51. The van der Waals surface area contributed by atoms with Crippen molar-refractivity contribution in [3.63, 3.8) is 0 Å². The van der Waals surface area contributed by atoms with E-state index in [0.29, 0.717) is 44.3 Å². The fourth-order valence-corrected chi connectivity index (χ4v) is 4.46. The number of anilines is 1. The number of carbonyl (C=O) groups excluding carboxylic acids is 2. The lowest BCUT2D eigenvalue weighted by atomic mass is 10.1. The second kappa shape index (κ2) is 8.90. The zero-order valence-electron chi connectivity index (χ0n) is 18.5. The van der Waals surface area contributed by atoms with Gasteiger partial charge in [-0.3, -0.25) is 9.59 Å². The molecule has 0 atom stereocenters. The average molecular weight is 444 g/mol. The highest BCUT2D eigenvalue weighted by molar-refractivity contribution is 6.00. The van der Waals surface area contributed by atoms with Gasteiger partial charge in [-0.05, 0) is 17.7 Å². The number of piperazine rings is 1. The van der Waals surface area contributed by atoms with Crippen molar-refractivity contribution < 1.29 is 14.3 Å². The Balaban J connectivity index is 1.23. The van der Waals surface area contributed by atoms with Crippen LogP contribution in [0, 0.1) is 0 Å². The van der Waals surface area contributed by atoms with Gasteiger partial charge < -0.3 is 19.4 Å². The van der Waals surface area contributed by atoms with Gasteiger partial charge in [0.2, 0.25) is 5.91 Å². The van der Waals surface area contributed by atoms with E-state index in [-0.39, 0.29) is 18.4 Å². The molecule has 0 spiro atoms. The van der Waals surface area contributed by atoms with Gasteiger partial charge in [-0.25, -0.2) is 9.97 Å². The zero-order valence-corrected chi connectivity index (χ0v) is 18.5. The summed E-state index contributed by atoms with van der Waals surface area (Å²) in [6.45, 7) is 3.27. The van der Waals surface area contributed by atoms with E-state index < -0.39 is 0 Å². The van der Waals surface area contributed by atoms with Crippen molar-refractivity contribution in [3.8, 4) is 17.1 Å². The third-order valence-corrected chi connectivity index (χ3v) is 6.22. The number of nitrogens with zero attached hydrogens (tertiary/aromatic N) is 5. The van der Waals surface area contributed by atoms with Crippen LogP contribution < -0.4 is 9.64 Å². The van der Waals surface area contributed by atoms with Gasteiger partial charge in [0.25, 0.3) is 5.91 Å². The summed E-state index contributed by atoms with van der Waals surface area (Å²) < 4.78 is 5.06. The van der Waals surface area contributed by atoms with E-state index >= 15 is 0 Å². The SMILES string of the molecule is COc1ncc(-c2ccccc2N2CCN(C(=O)CN3Cc4ccccc4C3=O)CC2)cn1.